The number of carbonyl (C=O) groups excluding carboxylic acids is 2. The average molecular weight is 543 g/mol. The van der Waals surface area contributed by atoms with E-state index in [1.807, 2.05) is 43.3 Å². The number of nitrogens with zero attached hydrogens (tertiary/aromatic N) is 2. The molecule has 5 N–H and O–H groups in total. The van der Waals surface area contributed by atoms with Crippen molar-refractivity contribution in [1.82, 2.24) is 15.1 Å². The van der Waals surface area contributed by atoms with E-state index in [9.17, 15) is 19.8 Å². The second-order valence-corrected chi connectivity index (χ2v) is 11.2. The summed E-state index contributed by atoms with van der Waals surface area (Å²) in [7, 11) is 0. The summed E-state index contributed by atoms with van der Waals surface area (Å²) in [5, 5.41) is 26.0. The van der Waals surface area contributed by atoms with E-state index in [0.29, 0.717) is 44.0 Å². The molecule has 3 amide bonds. The predicted octanol–water partition coefficient (Wildman–Crippen LogP) is 3.26. The molecule has 2 aliphatic heterocycles. The van der Waals surface area contributed by atoms with Gasteiger partial charge in [0.1, 0.15) is 0 Å². The number of rotatable bonds is 7. The summed E-state index contributed by atoms with van der Waals surface area (Å²) >= 11 is 6.78. The monoisotopic (exact) mass is 542 g/mol. The van der Waals surface area contributed by atoms with Crippen LogP contribution in [0.1, 0.15) is 43.7 Å². The molecule has 2 heterocycles. The van der Waals surface area contributed by atoms with Crippen LogP contribution >= 0.6 is 11.6 Å². The number of hydrogen-bond acceptors (Lipinski definition) is 5. The number of nitrogens with one attached hydrogen (secondary N) is 1. The van der Waals surface area contributed by atoms with Crippen molar-refractivity contribution in [2.45, 2.75) is 57.3 Å². The van der Waals surface area contributed by atoms with Gasteiger partial charge in [-0.15, -0.1) is 0 Å². The normalized spacial score (nSPS) is 23.3. The summed E-state index contributed by atoms with van der Waals surface area (Å²) in [6.45, 7) is 5.42. The lowest BCUT2D eigenvalue weighted by Gasteiger charge is -2.44. The fourth-order valence-electron chi connectivity index (χ4n) is 5.87. The number of likely N-dealkylation sites (tertiary alicyclic amines) is 2. The molecular formula is C29H39ClN4O4. The van der Waals surface area contributed by atoms with Gasteiger partial charge in [-0.05, 0) is 49.8 Å². The van der Waals surface area contributed by atoms with Crippen LogP contribution in [0, 0.1) is 12.8 Å². The van der Waals surface area contributed by atoms with E-state index in [1.165, 1.54) is 6.92 Å². The maximum absolute atomic E-state index is 13.4. The highest BCUT2D eigenvalue weighted by atomic mass is 35.5. The zero-order valence-corrected chi connectivity index (χ0v) is 23.0. The van der Waals surface area contributed by atoms with E-state index >= 15 is 0 Å². The van der Waals surface area contributed by atoms with Crippen molar-refractivity contribution in [1.29, 1.82) is 0 Å². The average Bonchev–Trinajstić information content (AvgIpc) is 3.23. The van der Waals surface area contributed by atoms with Gasteiger partial charge in [0, 0.05) is 62.2 Å². The first kappa shape index (κ1) is 28.4. The van der Waals surface area contributed by atoms with Gasteiger partial charge in [-0.3, -0.25) is 4.79 Å². The van der Waals surface area contributed by atoms with E-state index in [4.69, 9.17) is 17.3 Å². The van der Waals surface area contributed by atoms with Crippen molar-refractivity contribution in [3.63, 3.8) is 0 Å². The molecule has 2 unspecified atom stereocenters. The van der Waals surface area contributed by atoms with Gasteiger partial charge in [0.25, 0.3) is 0 Å². The molecule has 4 rings (SSSR count). The third-order valence-electron chi connectivity index (χ3n) is 7.87. The Morgan fingerprint density at radius 2 is 1.92 bits per heavy atom. The number of aliphatic hydroxyl groups is 2. The number of aliphatic hydroxyl groups excluding tert-OH is 1. The topological polar surface area (TPSA) is 119 Å². The molecule has 0 radical (unpaired) electrons. The highest BCUT2D eigenvalue weighted by molar-refractivity contribution is 6.33. The van der Waals surface area contributed by atoms with Crippen LogP contribution in [0.2, 0.25) is 5.02 Å². The van der Waals surface area contributed by atoms with Crippen LogP contribution in [0.15, 0.2) is 42.5 Å². The zero-order chi connectivity index (χ0) is 27.4. The third-order valence-corrected chi connectivity index (χ3v) is 8.18. The number of urea groups is 1. The molecule has 0 saturated carbocycles. The minimum absolute atomic E-state index is 0.114. The Bertz CT molecular complexity index is 1150. The van der Waals surface area contributed by atoms with Crippen molar-refractivity contribution < 1.29 is 19.8 Å². The third kappa shape index (κ3) is 6.15. The number of benzene rings is 2. The van der Waals surface area contributed by atoms with Gasteiger partial charge in [-0.1, -0.05) is 53.6 Å². The zero-order valence-electron chi connectivity index (χ0n) is 22.2. The van der Waals surface area contributed by atoms with Crippen molar-refractivity contribution in [3.05, 3.63) is 58.6 Å². The van der Waals surface area contributed by atoms with Crippen molar-refractivity contribution in [3.8, 4) is 11.1 Å². The van der Waals surface area contributed by atoms with Crippen LogP contribution in [0.4, 0.5) is 4.79 Å². The van der Waals surface area contributed by atoms with E-state index in [-0.39, 0.29) is 24.4 Å². The fraction of sp³-hybridized carbons (Fsp3) is 0.517. The van der Waals surface area contributed by atoms with Crippen LogP contribution in [0.25, 0.3) is 11.1 Å². The first-order valence-electron chi connectivity index (χ1n) is 13.4. The Balaban J connectivity index is 1.68. The molecule has 2 aliphatic rings. The SMILES string of the molecule is CC(=O)NCCCC(O)(c1cccc(Cl)c1-c1cccc(C)c1)C1CCCN(C(=O)N2C[C@@H](N)[C@@H](O)C2)C1. The highest BCUT2D eigenvalue weighted by Gasteiger charge is 2.44. The molecule has 206 valence electrons. The first-order chi connectivity index (χ1) is 18.1. The van der Waals surface area contributed by atoms with Gasteiger partial charge in [0.2, 0.25) is 5.91 Å². The fourth-order valence-corrected chi connectivity index (χ4v) is 6.15. The highest BCUT2D eigenvalue weighted by Crippen LogP contribution is 2.45. The minimum atomic E-state index is -1.29. The predicted molar refractivity (Wildman–Crippen MR) is 149 cm³/mol. The van der Waals surface area contributed by atoms with E-state index in [1.54, 1.807) is 9.80 Å². The molecule has 38 heavy (non-hydrogen) atoms. The van der Waals surface area contributed by atoms with Gasteiger partial charge in [-0.2, -0.15) is 0 Å². The smallest absolute Gasteiger partial charge is 0.320 e. The maximum atomic E-state index is 13.4. The molecule has 2 fully saturated rings. The summed E-state index contributed by atoms with van der Waals surface area (Å²) in [6.07, 6.45) is 1.71. The first-order valence-corrected chi connectivity index (χ1v) is 13.8. The molecule has 8 nitrogen and oxygen atoms in total. The lowest BCUT2D eigenvalue weighted by Crippen LogP contribution is -2.52. The summed E-state index contributed by atoms with van der Waals surface area (Å²) in [5.41, 5.74) is 8.19. The number of hydrogen-bond donors (Lipinski definition) is 4. The van der Waals surface area contributed by atoms with Crippen LogP contribution in [0.5, 0.6) is 0 Å². The Hall–Kier alpha value is -2.65. The largest absolute Gasteiger partial charge is 0.390 e. The van der Waals surface area contributed by atoms with Crippen LogP contribution in [-0.4, -0.2) is 76.8 Å². The van der Waals surface area contributed by atoms with Crippen molar-refractivity contribution in [2.24, 2.45) is 11.7 Å². The van der Waals surface area contributed by atoms with E-state index in [0.717, 1.165) is 35.1 Å². The van der Waals surface area contributed by atoms with Gasteiger partial charge in [0.15, 0.2) is 0 Å². The van der Waals surface area contributed by atoms with Gasteiger partial charge < -0.3 is 31.1 Å². The van der Waals surface area contributed by atoms with E-state index in [2.05, 4.69) is 11.4 Å². The van der Waals surface area contributed by atoms with Crippen LogP contribution < -0.4 is 11.1 Å². The molecule has 4 atom stereocenters. The lowest BCUT2D eigenvalue weighted by molar-refractivity contribution is -0.119. The number of carbonyl (C=O) groups is 2. The molecule has 2 saturated heterocycles. The number of halogens is 1. The number of aryl methyl sites for hydroxylation is 1. The second-order valence-electron chi connectivity index (χ2n) is 10.7. The maximum Gasteiger partial charge on any atom is 0.320 e. The molecule has 2 aromatic rings. The molecular weight excluding hydrogens is 504 g/mol. The summed E-state index contributed by atoms with van der Waals surface area (Å²) < 4.78 is 0. The molecule has 0 aliphatic carbocycles. The van der Waals surface area contributed by atoms with Crippen molar-refractivity contribution >= 4 is 23.5 Å². The molecule has 0 spiro atoms. The Morgan fingerprint density at radius 3 is 2.61 bits per heavy atom. The van der Waals surface area contributed by atoms with Gasteiger partial charge >= 0.3 is 6.03 Å². The number of nitrogens with two attached hydrogens (primary N) is 1. The second kappa shape index (κ2) is 12.0. The summed E-state index contributed by atoms with van der Waals surface area (Å²) in [6, 6.07) is 13.1. The Labute approximate surface area is 229 Å². The standard InChI is InChI=1S/C29H39ClN4O4/c1-19-7-3-8-21(15-19)27-23(10-4-11-24(27)30)29(38,12-6-13-32-20(2)35)22-9-5-14-33(16-22)28(37)34-17-25(31)26(36)18-34/h3-4,7-8,10-11,15,22,25-26,36,38H,5-6,9,12-14,16-18,31H2,1-2H3,(H,32,35)/t22?,25-,26+,29?/m1/s1. The van der Waals surface area contributed by atoms with Crippen molar-refractivity contribution in [2.75, 3.05) is 32.7 Å². The molecule has 0 bridgehead atoms. The van der Waals surface area contributed by atoms with Gasteiger partial charge in [0.05, 0.1) is 11.7 Å². The number of piperidine rings is 1. The van der Waals surface area contributed by atoms with Gasteiger partial charge in [-0.25, -0.2) is 4.79 Å². The lowest BCUT2D eigenvalue weighted by atomic mass is 9.72. The number of amides is 3. The summed E-state index contributed by atoms with van der Waals surface area (Å²) in [5.74, 6) is -0.363. The quantitative estimate of drug-likeness (QED) is 0.400. The Kier molecular flexibility index (Phi) is 8.98. The van der Waals surface area contributed by atoms with Crippen LogP contribution in [-0.2, 0) is 10.4 Å². The Morgan fingerprint density at radius 1 is 1.16 bits per heavy atom. The molecule has 9 heteroatoms. The molecule has 2 aromatic carbocycles. The van der Waals surface area contributed by atoms with E-state index < -0.39 is 17.7 Å². The number of β-amino-alcohol motifs (C(OH)–C–C–N with tert-alkyl or cyclic N) is 1. The summed E-state index contributed by atoms with van der Waals surface area (Å²) in [4.78, 5) is 28.2. The molecule has 0 aromatic heterocycles. The van der Waals surface area contributed by atoms with Crippen LogP contribution in [0.3, 0.4) is 0 Å². The minimum Gasteiger partial charge on any atom is -0.390 e.